The minimum absolute atomic E-state index is 0.415. The fourth-order valence-corrected chi connectivity index (χ4v) is 3.68. The molecule has 2 heteroatoms. The van der Waals surface area contributed by atoms with Crippen molar-refractivity contribution in [1.29, 1.82) is 0 Å². The van der Waals surface area contributed by atoms with E-state index in [4.69, 9.17) is 0 Å². The molecule has 0 amide bonds. The predicted molar refractivity (Wildman–Crippen MR) is 81.7 cm³/mol. The molecule has 18 heavy (non-hydrogen) atoms. The van der Waals surface area contributed by atoms with Crippen LogP contribution < -0.4 is 5.32 Å². The zero-order valence-corrected chi connectivity index (χ0v) is 13.2. The van der Waals surface area contributed by atoms with Gasteiger partial charge >= 0.3 is 0 Å². The van der Waals surface area contributed by atoms with Gasteiger partial charge in [0.05, 0.1) is 0 Å². The first-order valence-corrected chi connectivity index (χ1v) is 7.89. The van der Waals surface area contributed by atoms with Crippen LogP contribution in [0.2, 0.25) is 0 Å². The van der Waals surface area contributed by atoms with Crippen LogP contribution in [-0.4, -0.2) is 6.04 Å². The molecule has 0 radical (unpaired) electrons. The van der Waals surface area contributed by atoms with Crippen LogP contribution in [0.3, 0.4) is 0 Å². The van der Waals surface area contributed by atoms with E-state index >= 15 is 0 Å². The molecule has 0 heterocycles. The topological polar surface area (TPSA) is 12.0 Å². The standard InChI is InChI=1S/C16H24BrN/c1-11-7-6-10-16(12(11)2)18-13(3)14-8-4-5-9-15(14)17/h4-5,8-9,11-13,16,18H,6-7,10H2,1-3H3. The number of nitrogens with one attached hydrogen (secondary N) is 1. The van der Waals surface area contributed by atoms with Gasteiger partial charge < -0.3 is 5.32 Å². The van der Waals surface area contributed by atoms with Crippen molar-refractivity contribution in [3.8, 4) is 0 Å². The van der Waals surface area contributed by atoms with Gasteiger partial charge in [0.25, 0.3) is 0 Å². The summed E-state index contributed by atoms with van der Waals surface area (Å²) in [6, 6.07) is 9.60. The number of benzene rings is 1. The van der Waals surface area contributed by atoms with Crippen molar-refractivity contribution in [1.82, 2.24) is 5.32 Å². The van der Waals surface area contributed by atoms with Crippen LogP contribution in [0, 0.1) is 11.8 Å². The average molecular weight is 310 g/mol. The normalized spacial score (nSPS) is 30.1. The molecule has 2 rings (SSSR count). The minimum Gasteiger partial charge on any atom is -0.307 e. The zero-order chi connectivity index (χ0) is 13.1. The lowest BCUT2D eigenvalue weighted by Crippen LogP contribution is -2.41. The molecule has 1 N–H and O–H groups in total. The summed E-state index contributed by atoms with van der Waals surface area (Å²) in [5, 5.41) is 3.83. The first kappa shape index (κ1) is 14.1. The van der Waals surface area contributed by atoms with Gasteiger partial charge in [-0.2, -0.15) is 0 Å². The van der Waals surface area contributed by atoms with E-state index < -0.39 is 0 Å². The summed E-state index contributed by atoms with van der Waals surface area (Å²) in [6.45, 7) is 7.06. The molecule has 1 aromatic rings. The summed E-state index contributed by atoms with van der Waals surface area (Å²) < 4.78 is 1.21. The Bertz CT molecular complexity index is 390. The second-order valence-corrected chi connectivity index (χ2v) is 6.64. The highest BCUT2D eigenvalue weighted by Gasteiger charge is 2.28. The quantitative estimate of drug-likeness (QED) is 0.835. The smallest absolute Gasteiger partial charge is 0.0305 e. The Hall–Kier alpha value is -0.340. The molecular weight excluding hydrogens is 286 g/mol. The van der Waals surface area contributed by atoms with Crippen molar-refractivity contribution in [3.05, 3.63) is 34.3 Å². The molecule has 1 aliphatic rings. The molecule has 0 spiro atoms. The van der Waals surface area contributed by atoms with Gasteiger partial charge in [0.2, 0.25) is 0 Å². The average Bonchev–Trinajstić information content (AvgIpc) is 2.35. The van der Waals surface area contributed by atoms with E-state index in [1.807, 2.05) is 0 Å². The summed E-state index contributed by atoms with van der Waals surface area (Å²) in [7, 11) is 0. The SMILES string of the molecule is CC(NC1CCCC(C)C1C)c1ccccc1Br. The van der Waals surface area contributed by atoms with Gasteiger partial charge in [-0.1, -0.05) is 60.8 Å². The first-order valence-electron chi connectivity index (χ1n) is 7.10. The van der Waals surface area contributed by atoms with Gasteiger partial charge in [-0.3, -0.25) is 0 Å². The summed E-state index contributed by atoms with van der Waals surface area (Å²) in [5.74, 6) is 1.63. The molecule has 4 unspecified atom stereocenters. The van der Waals surface area contributed by atoms with E-state index in [1.165, 1.54) is 29.3 Å². The van der Waals surface area contributed by atoms with Crippen LogP contribution in [0.15, 0.2) is 28.7 Å². The molecule has 1 saturated carbocycles. The maximum Gasteiger partial charge on any atom is 0.0305 e. The van der Waals surface area contributed by atoms with Gasteiger partial charge in [-0.15, -0.1) is 0 Å². The molecule has 100 valence electrons. The molecule has 1 nitrogen and oxygen atoms in total. The molecule has 0 bridgehead atoms. The molecule has 1 aliphatic carbocycles. The first-order chi connectivity index (χ1) is 8.59. The van der Waals surface area contributed by atoms with Gasteiger partial charge in [0.1, 0.15) is 0 Å². The van der Waals surface area contributed by atoms with E-state index in [9.17, 15) is 0 Å². The van der Waals surface area contributed by atoms with E-state index in [-0.39, 0.29) is 0 Å². The highest BCUT2D eigenvalue weighted by atomic mass is 79.9. The van der Waals surface area contributed by atoms with Crippen LogP contribution in [-0.2, 0) is 0 Å². The number of halogens is 1. The van der Waals surface area contributed by atoms with Crippen LogP contribution in [0.25, 0.3) is 0 Å². The van der Waals surface area contributed by atoms with Crippen molar-refractivity contribution in [2.24, 2.45) is 11.8 Å². The Kier molecular flexibility index (Phi) is 4.85. The van der Waals surface area contributed by atoms with Gasteiger partial charge in [0.15, 0.2) is 0 Å². The molecule has 4 atom stereocenters. The largest absolute Gasteiger partial charge is 0.307 e. The molecular formula is C16H24BrN. The van der Waals surface area contributed by atoms with Gasteiger partial charge in [-0.25, -0.2) is 0 Å². The number of rotatable bonds is 3. The molecule has 1 fully saturated rings. The Morgan fingerprint density at radius 2 is 1.94 bits per heavy atom. The maximum absolute atomic E-state index is 3.83. The van der Waals surface area contributed by atoms with Gasteiger partial charge in [-0.05, 0) is 36.8 Å². The lowest BCUT2D eigenvalue weighted by atomic mass is 9.77. The van der Waals surface area contributed by atoms with Crippen molar-refractivity contribution in [3.63, 3.8) is 0 Å². The summed E-state index contributed by atoms with van der Waals surface area (Å²) in [6.07, 6.45) is 4.08. The lowest BCUT2D eigenvalue weighted by molar-refractivity contribution is 0.196. The summed E-state index contributed by atoms with van der Waals surface area (Å²) in [5.41, 5.74) is 1.36. The van der Waals surface area contributed by atoms with Gasteiger partial charge in [0, 0.05) is 16.6 Å². The van der Waals surface area contributed by atoms with Crippen molar-refractivity contribution < 1.29 is 0 Å². The second-order valence-electron chi connectivity index (χ2n) is 5.78. The third-order valence-electron chi connectivity index (χ3n) is 4.54. The Morgan fingerprint density at radius 1 is 1.22 bits per heavy atom. The fraction of sp³-hybridized carbons (Fsp3) is 0.625. The molecule has 0 aliphatic heterocycles. The van der Waals surface area contributed by atoms with E-state index in [0.29, 0.717) is 12.1 Å². The van der Waals surface area contributed by atoms with Crippen LogP contribution in [0.4, 0.5) is 0 Å². The predicted octanol–water partition coefficient (Wildman–Crippen LogP) is 4.92. The van der Waals surface area contributed by atoms with E-state index in [1.54, 1.807) is 0 Å². The summed E-state index contributed by atoms with van der Waals surface area (Å²) >= 11 is 3.65. The van der Waals surface area contributed by atoms with Crippen molar-refractivity contribution >= 4 is 15.9 Å². The number of hydrogen-bond acceptors (Lipinski definition) is 1. The lowest BCUT2D eigenvalue weighted by Gasteiger charge is -2.36. The highest BCUT2D eigenvalue weighted by Crippen LogP contribution is 2.32. The highest BCUT2D eigenvalue weighted by molar-refractivity contribution is 9.10. The minimum atomic E-state index is 0.415. The molecule has 0 saturated heterocycles. The maximum atomic E-state index is 3.83. The third-order valence-corrected chi connectivity index (χ3v) is 5.26. The van der Waals surface area contributed by atoms with Crippen LogP contribution in [0.1, 0.15) is 51.6 Å². The third kappa shape index (κ3) is 3.16. The Labute approximate surface area is 119 Å². The van der Waals surface area contributed by atoms with Crippen molar-refractivity contribution in [2.45, 2.75) is 52.1 Å². The monoisotopic (exact) mass is 309 g/mol. The second kappa shape index (κ2) is 6.21. The molecule has 0 aromatic heterocycles. The zero-order valence-electron chi connectivity index (χ0n) is 11.6. The van der Waals surface area contributed by atoms with Crippen LogP contribution >= 0.6 is 15.9 Å². The fourth-order valence-electron chi connectivity index (χ4n) is 3.05. The molecule has 1 aromatic carbocycles. The van der Waals surface area contributed by atoms with Crippen LogP contribution in [0.5, 0.6) is 0 Å². The van der Waals surface area contributed by atoms with E-state index in [0.717, 1.165) is 11.8 Å². The number of hydrogen-bond donors (Lipinski definition) is 1. The van der Waals surface area contributed by atoms with Crippen molar-refractivity contribution in [2.75, 3.05) is 0 Å². The Balaban J connectivity index is 2.03. The summed E-state index contributed by atoms with van der Waals surface area (Å²) in [4.78, 5) is 0. The Morgan fingerprint density at radius 3 is 2.67 bits per heavy atom. The van der Waals surface area contributed by atoms with E-state index in [2.05, 4.69) is 66.3 Å².